The van der Waals surface area contributed by atoms with Crippen molar-refractivity contribution in [2.45, 2.75) is 69.9 Å². The highest BCUT2D eigenvalue weighted by molar-refractivity contribution is 6.32. The van der Waals surface area contributed by atoms with Gasteiger partial charge in [0.05, 0.1) is 5.41 Å². The standard InChI is InChI=1S/C25H38O2Si2/c1-7-23(3,4)28-26-17-25(18-27-29-24(5,6)8-2)21-15-11-9-13-19(21)20-14-10-12-16-22(20)25/h9-16H,7-8,17-18,28-29H2,1-6H3. The Balaban J connectivity index is 1.94. The maximum atomic E-state index is 6.57. The second-order valence-corrected chi connectivity index (χ2v) is 15.4. The van der Waals surface area contributed by atoms with Gasteiger partial charge in [-0.25, -0.2) is 0 Å². The van der Waals surface area contributed by atoms with Gasteiger partial charge in [0.2, 0.25) is 0 Å². The maximum absolute atomic E-state index is 6.57. The van der Waals surface area contributed by atoms with Gasteiger partial charge in [0.25, 0.3) is 0 Å². The summed E-state index contributed by atoms with van der Waals surface area (Å²) in [5.41, 5.74) is 5.28. The summed E-state index contributed by atoms with van der Waals surface area (Å²) < 4.78 is 13.1. The molecule has 4 heteroatoms. The first-order chi connectivity index (χ1) is 13.7. The number of hydrogen-bond acceptors (Lipinski definition) is 2. The van der Waals surface area contributed by atoms with Crippen molar-refractivity contribution in [3.8, 4) is 11.1 Å². The summed E-state index contributed by atoms with van der Waals surface area (Å²) in [4.78, 5) is 0. The van der Waals surface area contributed by atoms with E-state index in [1.165, 1.54) is 35.1 Å². The molecule has 0 heterocycles. The Labute approximate surface area is 182 Å². The normalized spacial score (nSPS) is 16.1. The average molecular weight is 427 g/mol. The fraction of sp³-hybridized carbons (Fsp3) is 0.520. The minimum Gasteiger partial charge on any atom is -0.422 e. The maximum Gasteiger partial charge on any atom is 0.167 e. The van der Waals surface area contributed by atoms with E-state index in [1.807, 2.05) is 0 Å². The van der Waals surface area contributed by atoms with Crippen molar-refractivity contribution in [2.75, 3.05) is 13.2 Å². The highest BCUT2D eigenvalue weighted by atomic mass is 28.2. The van der Waals surface area contributed by atoms with Crippen molar-refractivity contribution in [1.82, 2.24) is 0 Å². The van der Waals surface area contributed by atoms with Crippen molar-refractivity contribution >= 4 is 19.5 Å². The van der Waals surface area contributed by atoms with Crippen LogP contribution in [0.25, 0.3) is 11.1 Å². The Morgan fingerprint density at radius 3 is 1.45 bits per heavy atom. The van der Waals surface area contributed by atoms with Crippen LogP contribution in [0.4, 0.5) is 0 Å². The monoisotopic (exact) mass is 426 g/mol. The number of fused-ring (bicyclic) bond motifs is 3. The lowest BCUT2D eigenvalue weighted by Gasteiger charge is -2.35. The molecular formula is C25H38O2Si2. The molecule has 2 nitrogen and oxygen atoms in total. The van der Waals surface area contributed by atoms with Gasteiger partial charge < -0.3 is 8.85 Å². The molecule has 0 fully saturated rings. The van der Waals surface area contributed by atoms with Crippen molar-refractivity contribution in [2.24, 2.45) is 0 Å². The van der Waals surface area contributed by atoms with E-state index in [9.17, 15) is 0 Å². The van der Waals surface area contributed by atoms with E-state index < -0.39 is 19.5 Å². The van der Waals surface area contributed by atoms with Crippen LogP contribution >= 0.6 is 0 Å². The topological polar surface area (TPSA) is 18.5 Å². The van der Waals surface area contributed by atoms with Crippen LogP contribution in [0.3, 0.4) is 0 Å². The summed E-state index contributed by atoms with van der Waals surface area (Å²) in [5, 5.41) is 0.664. The third-order valence-corrected chi connectivity index (χ3v) is 10.2. The first kappa shape index (κ1) is 22.5. The van der Waals surface area contributed by atoms with Gasteiger partial charge in [-0.3, -0.25) is 0 Å². The van der Waals surface area contributed by atoms with E-state index in [1.54, 1.807) is 0 Å². The van der Waals surface area contributed by atoms with Crippen molar-refractivity contribution in [3.05, 3.63) is 59.7 Å². The van der Waals surface area contributed by atoms with Crippen LogP contribution in [0.5, 0.6) is 0 Å². The molecule has 0 N–H and O–H groups in total. The molecule has 2 aromatic carbocycles. The average Bonchev–Trinajstić information content (AvgIpc) is 2.99. The van der Waals surface area contributed by atoms with Crippen LogP contribution in [0, 0.1) is 0 Å². The summed E-state index contributed by atoms with van der Waals surface area (Å²) in [5.74, 6) is 0. The highest BCUT2D eigenvalue weighted by Gasteiger charge is 2.44. The van der Waals surface area contributed by atoms with Crippen molar-refractivity contribution < 1.29 is 8.85 Å². The lowest BCUT2D eigenvalue weighted by molar-refractivity contribution is 0.172. The Kier molecular flexibility index (Phi) is 6.89. The van der Waals surface area contributed by atoms with Gasteiger partial charge in [-0.05, 0) is 32.3 Å². The molecule has 1 aliphatic carbocycles. The molecule has 29 heavy (non-hydrogen) atoms. The Bertz CT molecular complexity index is 760. The van der Waals surface area contributed by atoms with Gasteiger partial charge in [0, 0.05) is 13.2 Å². The molecule has 3 rings (SSSR count). The molecule has 1 aliphatic rings. The summed E-state index contributed by atoms with van der Waals surface area (Å²) >= 11 is 0. The molecule has 0 saturated heterocycles. The molecule has 0 aliphatic heterocycles. The Morgan fingerprint density at radius 1 is 0.690 bits per heavy atom. The van der Waals surface area contributed by atoms with Gasteiger partial charge in [-0.15, -0.1) is 0 Å². The Morgan fingerprint density at radius 2 is 1.07 bits per heavy atom. The fourth-order valence-electron chi connectivity index (χ4n) is 3.98. The van der Waals surface area contributed by atoms with Gasteiger partial charge in [-0.1, -0.05) is 103 Å². The van der Waals surface area contributed by atoms with Crippen LogP contribution < -0.4 is 0 Å². The number of hydrogen-bond donors (Lipinski definition) is 0. The van der Waals surface area contributed by atoms with E-state index >= 15 is 0 Å². The SMILES string of the molecule is CCC(C)(C)[SiH2]OCC1(CO[SiH2]C(C)(C)CC)c2ccccc2-c2ccccc21. The second-order valence-electron chi connectivity index (χ2n) is 10.2. The highest BCUT2D eigenvalue weighted by Crippen LogP contribution is 2.49. The lowest BCUT2D eigenvalue weighted by Crippen LogP contribution is -2.39. The first-order valence-electron chi connectivity index (χ1n) is 11.1. The van der Waals surface area contributed by atoms with E-state index in [2.05, 4.69) is 90.1 Å². The molecule has 0 amide bonds. The second kappa shape index (κ2) is 8.88. The zero-order valence-corrected chi connectivity index (χ0v) is 22.0. The minimum atomic E-state index is -0.631. The van der Waals surface area contributed by atoms with E-state index in [0.29, 0.717) is 10.1 Å². The van der Waals surface area contributed by atoms with Crippen LogP contribution in [0.2, 0.25) is 10.1 Å². The van der Waals surface area contributed by atoms with Gasteiger partial charge >= 0.3 is 0 Å². The van der Waals surface area contributed by atoms with Crippen LogP contribution in [0.15, 0.2) is 48.5 Å². The summed E-state index contributed by atoms with van der Waals surface area (Å²) in [6.07, 6.45) is 2.35. The molecule has 0 unspecified atom stereocenters. The molecule has 2 aromatic rings. The van der Waals surface area contributed by atoms with Gasteiger partial charge in [-0.2, -0.15) is 0 Å². The van der Waals surface area contributed by atoms with Gasteiger partial charge in [0.15, 0.2) is 19.5 Å². The lowest BCUT2D eigenvalue weighted by atomic mass is 9.80. The molecule has 0 spiro atoms. The Hall–Kier alpha value is -1.21. The third kappa shape index (κ3) is 4.76. The van der Waals surface area contributed by atoms with Crippen LogP contribution in [-0.4, -0.2) is 32.7 Å². The number of benzene rings is 2. The summed E-state index contributed by atoms with van der Waals surface area (Å²) in [6.45, 7) is 15.4. The molecule has 0 radical (unpaired) electrons. The quantitative estimate of drug-likeness (QED) is 0.475. The summed E-state index contributed by atoms with van der Waals surface area (Å²) in [6, 6.07) is 17.7. The van der Waals surface area contributed by atoms with Crippen LogP contribution in [0.1, 0.15) is 65.5 Å². The van der Waals surface area contributed by atoms with E-state index in [0.717, 1.165) is 13.2 Å². The molecule has 0 bridgehead atoms. The fourth-order valence-corrected chi connectivity index (χ4v) is 6.39. The van der Waals surface area contributed by atoms with Gasteiger partial charge in [0.1, 0.15) is 0 Å². The molecule has 158 valence electrons. The van der Waals surface area contributed by atoms with Crippen molar-refractivity contribution in [3.63, 3.8) is 0 Å². The molecular weight excluding hydrogens is 388 g/mol. The largest absolute Gasteiger partial charge is 0.422 e. The van der Waals surface area contributed by atoms with E-state index in [4.69, 9.17) is 8.85 Å². The molecule has 0 aromatic heterocycles. The first-order valence-corrected chi connectivity index (χ1v) is 13.7. The smallest absolute Gasteiger partial charge is 0.167 e. The molecule has 0 atom stereocenters. The van der Waals surface area contributed by atoms with E-state index in [-0.39, 0.29) is 5.41 Å². The third-order valence-electron chi connectivity index (χ3n) is 6.77. The zero-order valence-electron chi connectivity index (χ0n) is 19.2. The predicted octanol–water partition coefficient (Wildman–Crippen LogP) is 5.37. The molecule has 0 saturated carbocycles. The van der Waals surface area contributed by atoms with Crippen LogP contribution in [-0.2, 0) is 14.3 Å². The number of rotatable bonds is 10. The zero-order chi connectivity index (χ0) is 21.1. The summed E-state index contributed by atoms with van der Waals surface area (Å²) in [7, 11) is -1.26. The predicted molar refractivity (Wildman–Crippen MR) is 130 cm³/mol. The minimum absolute atomic E-state index is 0.180. The van der Waals surface area contributed by atoms with Crippen molar-refractivity contribution in [1.29, 1.82) is 0 Å².